The predicted octanol–water partition coefficient (Wildman–Crippen LogP) is 4.30. The Hall–Kier alpha value is -1.31. The van der Waals surface area contributed by atoms with Crippen molar-refractivity contribution < 1.29 is 5.11 Å². The fourth-order valence-corrected chi connectivity index (χ4v) is 2.47. The van der Waals surface area contributed by atoms with E-state index < -0.39 is 6.10 Å². The Labute approximate surface area is 112 Å². The van der Waals surface area contributed by atoms with Crippen molar-refractivity contribution in [3.05, 3.63) is 70.2 Å². The lowest BCUT2D eigenvalue weighted by Crippen LogP contribution is -2.00. The molecule has 0 amide bonds. The number of benzene rings is 2. The molecule has 0 spiro atoms. The van der Waals surface area contributed by atoms with Crippen LogP contribution in [0.1, 0.15) is 41.6 Å². The van der Waals surface area contributed by atoms with E-state index in [0.29, 0.717) is 10.9 Å². The van der Waals surface area contributed by atoms with Gasteiger partial charge in [0.1, 0.15) is 6.10 Å². The second kappa shape index (κ2) is 4.75. The van der Waals surface area contributed by atoms with Gasteiger partial charge < -0.3 is 5.11 Å². The first kappa shape index (κ1) is 11.8. The third-order valence-corrected chi connectivity index (χ3v) is 3.67. The normalized spacial score (nSPS) is 16.6. The summed E-state index contributed by atoms with van der Waals surface area (Å²) in [5.41, 5.74) is 3.13. The number of hydrogen-bond acceptors (Lipinski definition) is 1. The Balaban J connectivity index is 1.91. The Bertz CT molecular complexity index is 561. The van der Waals surface area contributed by atoms with Crippen LogP contribution in [0.3, 0.4) is 0 Å². The zero-order chi connectivity index (χ0) is 12.5. The van der Waals surface area contributed by atoms with Gasteiger partial charge in [0.2, 0.25) is 0 Å². The zero-order valence-corrected chi connectivity index (χ0v) is 10.8. The molecule has 1 aliphatic rings. The molecule has 0 saturated heterocycles. The van der Waals surface area contributed by atoms with Gasteiger partial charge >= 0.3 is 0 Å². The molecule has 2 heteroatoms. The van der Waals surface area contributed by atoms with E-state index in [0.717, 1.165) is 11.1 Å². The molecule has 0 radical (unpaired) electrons. The van der Waals surface area contributed by atoms with Crippen LogP contribution in [0, 0.1) is 0 Å². The van der Waals surface area contributed by atoms with E-state index in [9.17, 15) is 5.11 Å². The highest BCUT2D eigenvalue weighted by atomic mass is 35.5. The summed E-state index contributed by atoms with van der Waals surface area (Å²) in [4.78, 5) is 0. The number of rotatable bonds is 3. The maximum Gasteiger partial charge on any atom is 0.104 e. The minimum atomic E-state index is -0.595. The van der Waals surface area contributed by atoms with Gasteiger partial charge in [-0.25, -0.2) is 0 Å². The minimum absolute atomic E-state index is 0.595. The van der Waals surface area contributed by atoms with Crippen LogP contribution in [0.25, 0.3) is 0 Å². The third-order valence-electron chi connectivity index (χ3n) is 3.44. The summed E-state index contributed by atoms with van der Waals surface area (Å²) in [7, 11) is 0. The van der Waals surface area contributed by atoms with Crippen LogP contribution in [-0.2, 0) is 0 Å². The Morgan fingerprint density at radius 1 is 1.00 bits per heavy atom. The molecule has 1 unspecified atom stereocenters. The molecule has 92 valence electrons. The first-order chi connectivity index (χ1) is 8.74. The number of halogens is 1. The molecule has 1 N–H and O–H groups in total. The van der Waals surface area contributed by atoms with Crippen LogP contribution in [0.2, 0.25) is 5.02 Å². The number of hydrogen-bond donors (Lipinski definition) is 1. The molecule has 1 aliphatic carbocycles. The quantitative estimate of drug-likeness (QED) is 0.870. The van der Waals surface area contributed by atoms with E-state index in [-0.39, 0.29) is 0 Å². The third kappa shape index (κ3) is 2.43. The molecule has 1 atom stereocenters. The first-order valence-corrected chi connectivity index (χ1v) is 6.65. The molecule has 0 bridgehead atoms. The monoisotopic (exact) mass is 258 g/mol. The van der Waals surface area contributed by atoms with Gasteiger partial charge in [-0.05, 0) is 47.6 Å². The largest absolute Gasteiger partial charge is 0.384 e. The highest BCUT2D eigenvalue weighted by Gasteiger charge is 2.24. The molecule has 2 aromatic carbocycles. The lowest BCUT2D eigenvalue weighted by atomic mass is 9.98. The predicted molar refractivity (Wildman–Crippen MR) is 73.9 cm³/mol. The molecular formula is C16H15ClO. The van der Waals surface area contributed by atoms with Crippen molar-refractivity contribution in [3.63, 3.8) is 0 Å². The van der Waals surface area contributed by atoms with Crippen LogP contribution >= 0.6 is 11.6 Å². The van der Waals surface area contributed by atoms with Crippen molar-refractivity contribution >= 4 is 11.6 Å². The van der Waals surface area contributed by atoms with Gasteiger partial charge in [-0.3, -0.25) is 0 Å². The summed E-state index contributed by atoms with van der Waals surface area (Å²) in [6.45, 7) is 0. The molecule has 18 heavy (non-hydrogen) atoms. The molecule has 0 aliphatic heterocycles. The first-order valence-electron chi connectivity index (χ1n) is 6.27. The summed E-state index contributed by atoms with van der Waals surface area (Å²) in [6, 6.07) is 15.7. The molecule has 1 saturated carbocycles. The SMILES string of the molecule is OC(c1cccc(Cl)c1)c1cccc(C2CC2)c1. The summed E-state index contributed by atoms with van der Waals surface area (Å²) in [5, 5.41) is 11.0. The van der Waals surface area contributed by atoms with E-state index in [1.807, 2.05) is 36.4 Å². The van der Waals surface area contributed by atoms with Gasteiger partial charge in [0, 0.05) is 5.02 Å². The van der Waals surface area contributed by atoms with E-state index >= 15 is 0 Å². The maximum atomic E-state index is 10.4. The van der Waals surface area contributed by atoms with Gasteiger partial charge in [0.25, 0.3) is 0 Å². The Morgan fingerprint density at radius 2 is 1.67 bits per heavy atom. The van der Waals surface area contributed by atoms with Gasteiger partial charge in [-0.2, -0.15) is 0 Å². The lowest BCUT2D eigenvalue weighted by molar-refractivity contribution is 0.220. The van der Waals surface area contributed by atoms with E-state index in [4.69, 9.17) is 11.6 Å². The molecule has 0 aromatic heterocycles. The Kier molecular flexibility index (Phi) is 3.11. The maximum absolute atomic E-state index is 10.4. The molecule has 0 heterocycles. The number of aliphatic hydroxyl groups is 1. The van der Waals surface area contributed by atoms with E-state index in [2.05, 4.69) is 12.1 Å². The van der Waals surface area contributed by atoms with Crippen molar-refractivity contribution in [3.8, 4) is 0 Å². The smallest absolute Gasteiger partial charge is 0.104 e. The number of aliphatic hydroxyl groups excluding tert-OH is 1. The average Bonchev–Trinajstić information content (AvgIpc) is 3.22. The zero-order valence-electron chi connectivity index (χ0n) is 10.0. The fraction of sp³-hybridized carbons (Fsp3) is 0.250. The van der Waals surface area contributed by atoms with Gasteiger partial charge in [0.05, 0.1) is 0 Å². The lowest BCUT2D eigenvalue weighted by Gasteiger charge is -2.13. The molecular weight excluding hydrogens is 244 g/mol. The molecule has 1 nitrogen and oxygen atoms in total. The average molecular weight is 259 g/mol. The van der Waals surface area contributed by atoms with Crippen molar-refractivity contribution in [1.82, 2.24) is 0 Å². The van der Waals surface area contributed by atoms with E-state index in [1.165, 1.54) is 18.4 Å². The molecule has 2 aromatic rings. The summed E-state index contributed by atoms with van der Waals surface area (Å²) in [6.07, 6.45) is 1.95. The second-order valence-corrected chi connectivity index (χ2v) is 5.34. The van der Waals surface area contributed by atoms with Crippen LogP contribution in [0.5, 0.6) is 0 Å². The fourth-order valence-electron chi connectivity index (χ4n) is 2.27. The van der Waals surface area contributed by atoms with Crippen LogP contribution < -0.4 is 0 Å². The van der Waals surface area contributed by atoms with Crippen LogP contribution in [-0.4, -0.2) is 5.11 Å². The van der Waals surface area contributed by atoms with Crippen LogP contribution in [0.15, 0.2) is 48.5 Å². The highest BCUT2D eigenvalue weighted by Crippen LogP contribution is 2.40. The second-order valence-electron chi connectivity index (χ2n) is 4.90. The highest BCUT2D eigenvalue weighted by molar-refractivity contribution is 6.30. The van der Waals surface area contributed by atoms with Gasteiger partial charge in [-0.1, -0.05) is 48.0 Å². The van der Waals surface area contributed by atoms with Crippen molar-refractivity contribution in [2.45, 2.75) is 24.9 Å². The summed E-state index contributed by atoms with van der Waals surface area (Å²) < 4.78 is 0. The van der Waals surface area contributed by atoms with Crippen molar-refractivity contribution in [2.24, 2.45) is 0 Å². The van der Waals surface area contributed by atoms with Gasteiger partial charge in [0.15, 0.2) is 0 Å². The topological polar surface area (TPSA) is 20.2 Å². The molecule has 1 fully saturated rings. The minimum Gasteiger partial charge on any atom is -0.384 e. The van der Waals surface area contributed by atoms with Crippen LogP contribution in [0.4, 0.5) is 0 Å². The Morgan fingerprint density at radius 3 is 2.33 bits per heavy atom. The molecule has 3 rings (SSSR count). The summed E-state index contributed by atoms with van der Waals surface area (Å²) >= 11 is 5.96. The standard InChI is InChI=1S/C16H15ClO/c17-15-6-2-5-14(10-15)16(18)13-4-1-3-12(9-13)11-7-8-11/h1-6,9-11,16,18H,7-8H2. The van der Waals surface area contributed by atoms with Gasteiger partial charge in [-0.15, -0.1) is 0 Å². The van der Waals surface area contributed by atoms with Crippen molar-refractivity contribution in [1.29, 1.82) is 0 Å². The van der Waals surface area contributed by atoms with E-state index in [1.54, 1.807) is 0 Å². The van der Waals surface area contributed by atoms with Crippen molar-refractivity contribution in [2.75, 3.05) is 0 Å². The summed E-state index contributed by atoms with van der Waals surface area (Å²) in [5.74, 6) is 0.705.